The van der Waals surface area contributed by atoms with Crippen LogP contribution in [0.4, 0.5) is 0 Å². The molecule has 0 N–H and O–H groups in total. The quantitative estimate of drug-likeness (QED) is 0.141. The highest BCUT2D eigenvalue weighted by atomic mass is 15.0. The summed E-state index contributed by atoms with van der Waals surface area (Å²) < 4.78 is 2.23. The lowest BCUT2D eigenvalue weighted by molar-refractivity contribution is 1.12. The van der Waals surface area contributed by atoms with Gasteiger partial charge < -0.3 is 4.57 Å². The molecule has 0 bridgehead atoms. The Morgan fingerprint density at radius 1 is 0.288 bits per heavy atom. The van der Waals surface area contributed by atoms with E-state index >= 15 is 0 Å². The van der Waals surface area contributed by atoms with Crippen molar-refractivity contribution in [2.24, 2.45) is 0 Å². The van der Waals surface area contributed by atoms with E-state index in [1.165, 1.54) is 0 Å². The second kappa shape index (κ2) is 18.7. The van der Waals surface area contributed by atoms with Gasteiger partial charge in [0.15, 0.2) is 11.6 Å². The molecule has 8 heteroatoms. The van der Waals surface area contributed by atoms with Crippen LogP contribution >= 0.6 is 0 Å². The van der Waals surface area contributed by atoms with Crippen molar-refractivity contribution in [1.82, 2.24) is 24.5 Å². The van der Waals surface area contributed by atoms with Crippen molar-refractivity contribution >= 4 is 21.8 Å². The summed E-state index contributed by atoms with van der Waals surface area (Å²) in [5, 5.41) is 33.0. The van der Waals surface area contributed by atoms with Crippen LogP contribution < -0.4 is 0 Å². The molecule has 0 aliphatic rings. The van der Waals surface area contributed by atoms with Crippen LogP contribution in [0, 0.1) is 34.0 Å². The maximum atomic E-state index is 11.1. The van der Waals surface area contributed by atoms with Crippen LogP contribution in [-0.4, -0.2) is 24.5 Å². The van der Waals surface area contributed by atoms with Crippen LogP contribution in [0.3, 0.4) is 0 Å². The molecule has 3 aromatic heterocycles. The molecule has 73 heavy (non-hydrogen) atoms. The van der Waals surface area contributed by atoms with Gasteiger partial charge in [-0.3, -0.25) is 0 Å². The molecular weight excluding hydrogens is 893 g/mol. The summed E-state index contributed by atoms with van der Waals surface area (Å²) in [6, 6.07) is 82.9. The molecule has 0 fully saturated rings. The van der Waals surface area contributed by atoms with Crippen LogP contribution in [-0.2, 0) is 0 Å². The Bertz CT molecular complexity index is 3840. The van der Waals surface area contributed by atoms with Gasteiger partial charge in [0.05, 0.1) is 74.4 Å². The second-order valence-electron chi connectivity index (χ2n) is 17.6. The summed E-state index contributed by atoms with van der Waals surface area (Å²) in [5.41, 5.74) is 14.9. The van der Waals surface area contributed by atoms with Gasteiger partial charge in [-0.25, -0.2) is 19.9 Å². The van der Waals surface area contributed by atoms with E-state index in [-0.39, 0.29) is 0 Å². The summed E-state index contributed by atoms with van der Waals surface area (Å²) in [7, 11) is 0. The number of aromatic nitrogens is 5. The van der Waals surface area contributed by atoms with Gasteiger partial charge in [0, 0.05) is 44.2 Å². The Kier molecular flexibility index (Phi) is 11.2. The van der Waals surface area contributed by atoms with Crippen molar-refractivity contribution in [1.29, 1.82) is 15.8 Å². The molecule has 0 spiro atoms. The van der Waals surface area contributed by atoms with Crippen molar-refractivity contribution in [2.45, 2.75) is 0 Å². The Morgan fingerprint density at radius 2 is 0.616 bits per heavy atom. The number of rotatable bonds is 9. The van der Waals surface area contributed by atoms with Crippen LogP contribution in [0.5, 0.6) is 0 Å². The van der Waals surface area contributed by atoms with Crippen molar-refractivity contribution in [3.63, 3.8) is 0 Å². The highest BCUT2D eigenvalue weighted by Crippen LogP contribution is 2.44. The van der Waals surface area contributed by atoms with Crippen LogP contribution in [0.1, 0.15) is 16.7 Å². The van der Waals surface area contributed by atoms with E-state index in [0.717, 1.165) is 66.3 Å². The first-order valence-corrected chi connectivity index (χ1v) is 23.7. The summed E-state index contributed by atoms with van der Waals surface area (Å²) in [5.74, 6) is 0.781. The molecule has 0 aliphatic heterocycles. The molecule has 0 aliphatic carbocycles. The zero-order chi connectivity index (χ0) is 49.3. The SMILES string of the molecule is N#Cc1cccc(-c2ccc3c4ccc(-c5cccc(C#N)c5)cc4n(-c4c(-c5nc(-c6ccccc6)cc(-c6ccccc6)n5)cc(C#N)cc4-c4nc(-c5ccccc5)cc(-c5ccccc5)n4)c3c2)c1. The third-order valence-corrected chi connectivity index (χ3v) is 13.1. The normalized spacial score (nSPS) is 11.0. The Labute approximate surface area is 421 Å². The molecule has 0 saturated heterocycles. The van der Waals surface area contributed by atoms with Crippen LogP contribution in [0.25, 0.3) is 118 Å². The summed E-state index contributed by atoms with van der Waals surface area (Å²) >= 11 is 0. The lowest BCUT2D eigenvalue weighted by atomic mass is 9.98. The summed E-state index contributed by atoms with van der Waals surface area (Å²) in [6.45, 7) is 0. The van der Waals surface area contributed by atoms with Gasteiger partial charge in [-0.1, -0.05) is 170 Å². The van der Waals surface area contributed by atoms with E-state index in [4.69, 9.17) is 19.9 Å². The molecule has 9 aromatic carbocycles. The zero-order valence-corrected chi connectivity index (χ0v) is 39.0. The number of nitrogens with zero attached hydrogens (tertiary/aromatic N) is 8. The monoisotopic (exact) mass is 930 g/mol. The van der Waals surface area contributed by atoms with Gasteiger partial charge in [0.2, 0.25) is 0 Å². The minimum atomic E-state index is 0.363. The van der Waals surface area contributed by atoms with Gasteiger partial charge in [-0.15, -0.1) is 0 Å². The molecule has 0 atom stereocenters. The first kappa shape index (κ1) is 43.7. The number of hydrogen-bond acceptors (Lipinski definition) is 7. The van der Waals surface area contributed by atoms with Gasteiger partial charge in [-0.2, -0.15) is 15.8 Å². The van der Waals surface area contributed by atoms with E-state index in [0.29, 0.717) is 67.9 Å². The number of hydrogen-bond donors (Lipinski definition) is 0. The Balaban J connectivity index is 1.26. The predicted octanol–water partition coefficient (Wildman–Crippen LogP) is 15.3. The third-order valence-electron chi connectivity index (χ3n) is 13.1. The molecule has 8 nitrogen and oxygen atoms in total. The fraction of sp³-hybridized carbons (Fsp3) is 0. The lowest BCUT2D eigenvalue weighted by Gasteiger charge is -2.20. The smallest absolute Gasteiger partial charge is 0.162 e. The molecular formula is C65H38N8. The van der Waals surface area contributed by atoms with Gasteiger partial charge in [0.25, 0.3) is 0 Å². The van der Waals surface area contributed by atoms with E-state index in [1.54, 1.807) is 12.1 Å². The van der Waals surface area contributed by atoms with Crippen molar-refractivity contribution < 1.29 is 0 Å². The minimum Gasteiger partial charge on any atom is -0.308 e. The fourth-order valence-electron chi connectivity index (χ4n) is 9.60. The number of benzene rings is 9. The van der Waals surface area contributed by atoms with E-state index < -0.39 is 0 Å². The molecule has 0 radical (unpaired) electrons. The summed E-state index contributed by atoms with van der Waals surface area (Å²) in [4.78, 5) is 21.6. The van der Waals surface area contributed by atoms with E-state index in [9.17, 15) is 15.8 Å². The number of nitriles is 3. The number of fused-ring (bicyclic) bond motifs is 3. The maximum absolute atomic E-state index is 11.1. The predicted molar refractivity (Wildman–Crippen MR) is 290 cm³/mol. The van der Waals surface area contributed by atoms with Crippen molar-refractivity contribution in [3.8, 4) is 114 Å². The minimum absolute atomic E-state index is 0.363. The standard InChI is InChI=1S/C65H38N8/c66-39-42-15-13-25-49(31-42)51-27-29-53-54-30-28-52(50-26-14-16-43(32-50)40-67)36-62(54)73(61(53)35-51)63-55(64-69-57(45-17-5-1-6-18-45)37-58(70-64)46-19-7-2-8-20-46)33-44(41-68)34-56(63)65-71-59(47-21-9-3-10-22-47)38-60(72-65)48-23-11-4-12-24-48/h1-38H. The molecule has 3 heterocycles. The lowest BCUT2D eigenvalue weighted by Crippen LogP contribution is -2.07. The maximum Gasteiger partial charge on any atom is 0.162 e. The van der Waals surface area contributed by atoms with E-state index in [2.05, 4.69) is 59.2 Å². The van der Waals surface area contributed by atoms with Crippen LogP contribution in [0.2, 0.25) is 0 Å². The molecule has 338 valence electrons. The van der Waals surface area contributed by atoms with Crippen molar-refractivity contribution in [2.75, 3.05) is 0 Å². The van der Waals surface area contributed by atoms with Gasteiger partial charge in [-0.05, 0) is 82.9 Å². The molecule has 12 aromatic rings. The average molecular weight is 931 g/mol. The first-order chi connectivity index (χ1) is 36.0. The van der Waals surface area contributed by atoms with E-state index in [1.807, 2.05) is 182 Å². The summed E-state index contributed by atoms with van der Waals surface area (Å²) in [6.07, 6.45) is 0. The van der Waals surface area contributed by atoms with Crippen LogP contribution in [0.15, 0.2) is 231 Å². The largest absolute Gasteiger partial charge is 0.308 e. The molecule has 0 saturated carbocycles. The van der Waals surface area contributed by atoms with Crippen molar-refractivity contribution in [3.05, 3.63) is 247 Å². The Hall–Kier alpha value is -10.6. The highest BCUT2D eigenvalue weighted by Gasteiger charge is 2.26. The second-order valence-corrected chi connectivity index (χ2v) is 17.6. The molecule has 12 rings (SSSR count). The zero-order valence-electron chi connectivity index (χ0n) is 39.0. The Morgan fingerprint density at radius 3 is 0.959 bits per heavy atom. The average Bonchev–Trinajstić information content (AvgIpc) is 3.80. The van der Waals surface area contributed by atoms with Gasteiger partial charge in [0.1, 0.15) is 0 Å². The first-order valence-electron chi connectivity index (χ1n) is 23.7. The topological polar surface area (TPSA) is 128 Å². The fourth-order valence-corrected chi connectivity index (χ4v) is 9.60. The van der Waals surface area contributed by atoms with Gasteiger partial charge >= 0.3 is 0 Å². The molecule has 0 amide bonds. The third kappa shape index (κ3) is 8.32. The molecule has 0 unspecified atom stereocenters. The highest BCUT2D eigenvalue weighted by molar-refractivity contribution is 6.12.